The van der Waals surface area contributed by atoms with Crippen LogP contribution in [0.1, 0.15) is 53.9 Å². The van der Waals surface area contributed by atoms with Gasteiger partial charge in [-0.15, -0.1) is 0 Å². The molecule has 0 saturated heterocycles. The quantitative estimate of drug-likeness (QED) is 0.607. The molecule has 0 bridgehead atoms. The van der Waals surface area contributed by atoms with Gasteiger partial charge in [-0.2, -0.15) is 5.26 Å². The van der Waals surface area contributed by atoms with Gasteiger partial charge in [-0.25, -0.2) is 9.37 Å². The molecule has 0 radical (unpaired) electrons. The van der Waals surface area contributed by atoms with Gasteiger partial charge in [-0.1, -0.05) is 0 Å². The highest BCUT2D eigenvalue weighted by molar-refractivity contribution is 5.94. The highest BCUT2D eigenvalue weighted by atomic mass is 19.1. The fraction of sp³-hybridized carbons (Fsp3) is 0.360. The summed E-state index contributed by atoms with van der Waals surface area (Å²) in [5, 5.41) is 13.2. The number of ether oxygens (including phenoxy) is 1. The molecule has 1 atom stereocenters. The first-order valence-corrected chi connectivity index (χ1v) is 10.8. The third-order valence-corrected chi connectivity index (χ3v) is 6.35. The van der Waals surface area contributed by atoms with Gasteiger partial charge in [-0.3, -0.25) is 9.78 Å². The van der Waals surface area contributed by atoms with Crippen LogP contribution in [-0.2, 0) is 0 Å². The molecule has 1 amide bonds. The number of nitrogens with zero attached hydrogens (tertiary/aromatic N) is 3. The lowest BCUT2D eigenvalue weighted by Crippen LogP contribution is -2.41. The monoisotopic (exact) mass is 432 g/mol. The number of benzene rings is 1. The molecule has 3 aromatic rings. The van der Waals surface area contributed by atoms with Crippen molar-refractivity contribution in [2.75, 3.05) is 7.11 Å². The van der Waals surface area contributed by atoms with E-state index in [1.807, 2.05) is 6.07 Å². The minimum atomic E-state index is -0.259. The molecule has 1 aliphatic rings. The number of nitriles is 1. The molecule has 7 heteroatoms. The molecular formula is C25H25FN4O2. The Balaban J connectivity index is 1.44. The number of fused-ring (bicyclic) bond motifs is 1. The summed E-state index contributed by atoms with van der Waals surface area (Å²) in [5.74, 6) is 0.467. The highest BCUT2D eigenvalue weighted by Crippen LogP contribution is 2.39. The number of halogens is 1. The van der Waals surface area contributed by atoms with Crippen molar-refractivity contribution < 1.29 is 13.9 Å². The Morgan fingerprint density at radius 1 is 1.22 bits per heavy atom. The zero-order valence-electron chi connectivity index (χ0n) is 17.9. The smallest absolute Gasteiger partial charge is 0.253 e. The molecule has 1 fully saturated rings. The molecule has 1 N–H and O–H groups in total. The number of amides is 1. The standard InChI is InChI=1S/C25H25FN4O2/c1-32-24-9-6-18(15-29-24)25(31)30-22(10-12-27)17-4-2-16(3-5-17)20-11-13-28-23-8-7-19(26)14-21(20)23/h6-9,11,13-17,22H,2-5,10H2,1H3,(H,30,31). The van der Waals surface area contributed by atoms with Crippen LogP contribution in [0.25, 0.3) is 10.9 Å². The van der Waals surface area contributed by atoms with E-state index in [9.17, 15) is 14.4 Å². The van der Waals surface area contributed by atoms with Gasteiger partial charge in [0, 0.05) is 29.9 Å². The Morgan fingerprint density at radius 2 is 2.03 bits per heavy atom. The molecule has 1 unspecified atom stereocenters. The van der Waals surface area contributed by atoms with Crippen molar-refractivity contribution in [1.82, 2.24) is 15.3 Å². The van der Waals surface area contributed by atoms with Crippen LogP contribution >= 0.6 is 0 Å². The summed E-state index contributed by atoms with van der Waals surface area (Å²) < 4.78 is 18.9. The van der Waals surface area contributed by atoms with E-state index in [0.29, 0.717) is 17.4 Å². The number of methoxy groups -OCH3 is 1. The van der Waals surface area contributed by atoms with Crippen LogP contribution in [0.2, 0.25) is 0 Å². The van der Waals surface area contributed by atoms with Crippen molar-refractivity contribution in [2.45, 2.75) is 44.1 Å². The lowest BCUT2D eigenvalue weighted by atomic mass is 9.75. The molecule has 4 rings (SSSR count). The number of hydrogen-bond acceptors (Lipinski definition) is 5. The summed E-state index contributed by atoms with van der Waals surface area (Å²) in [4.78, 5) is 21.1. The van der Waals surface area contributed by atoms with Gasteiger partial charge in [0.15, 0.2) is 0 Å². The summed E-state index contributed by atoms with van der Waals surface area (Å²) in [6.07, 6.45) is 7.12. The van der Waals surface area contributed by atoms with Crippen LogP contribution in [0.4, 0.5) is 4.39 Å². The number of rotatable bonds is 6. The number of aromatic nitrogens is 2. The first-order chi connectivity index (χ1) is 15.6. The van der Waals surface area contributed by atoms with Crippen molar-refractivity contribution >= 4 is 16.8 Å². The van der Waals surface area contributed by atoms with Crippen LogP contribution in [-0.4, -0.2) is 29.0 Å². The topological polar surface area (TPSA) is 87.9 Å². The van der Waals surface area contributed by atoms with Gasteiger partial charge >= 0.3 is 0 Å². The van der Waals surface area contributed by atoms with E-state index in [-0.39, 0.29) is 30.1 Å². The Kier molecular flexibility index (Phi) is 6.60. The van der Waals surface area contributed by atoms with E-state index >= 15 is 0 Å². The van der Waals surface area contributed by atoms with E-state index in [0.717, 1.165) is 42.1 Å². The second kappa shape index (κ2) is 9.73. The van der Waals surface area contributed by atoms with Crippen LogP contribution in [0, 0.1) is 23.1 Å². The molecular weight excluding hydrogens is 407 g/mol. The summed E-state index contributed by atoms with van der Waals surface area (Å²) >= 11 is 0. The molecule has 1 saturated carbocycles. The van der Waals surface area contributed by atoms with Crippen LogP contribution < -0.4 is 10.1 Å². The van der Waals surface area contributed by atoms with Crippen molar-refractivity contribution in [3.63, 3.8) is 0 Å². The van der Waals surface area contributed by atoms with E-state index in [2.05, 4.69) is 21.4 Å². The molecule has 1 aliphatic carbocycles. The van der Waals surface area contributed by atoms with Gasteiger partial charge < -0.3 is 10.1 Å². The van der Waals surface area contributed by atoms with Crippen LogP contribution in [0.3, 0.4) is 0 Å². The molecule has 0 aliphatic heterocycles. The third kappa shape index (κ3) is 4.70. The summed E-state index contributed by atoms with van der Waals surface area (Å²) in [6, 6.07) is 12.0. The normalized spacial score (nSPS) is 19.2. The largest absolute Gasteiger partial charge is 0.481 e. The second-order valence-corrected chi connectivity index (χ2v) is 8.20. The Bertz CT molecular complexity index is 1130. The maximum Gasteiger partial charge on any atom is 0.253 e. The molecule has 2 aromatic heterocycles. The van der Waals surface area contributed by atoms with Crippen molar-refractivity contribution in [1.29, 1.82) is 5.26 Å². The number of carbonyl (C=O) groups is 1. The fourth-order valence-corrected chi connectivity index (χ4v) is 4.65. The number of carbonyl (C=O) groups excluding carboxylic acids is 1. The minimum absolute atomic E-state index is 0.214. The first kappa shape index (κ1) is 21.7. The van der Waals surface area contributed by atoms with E-state index in [4.69, 9.17) is 4.74 Å². The van der Waals surface area contributed by atoms with Gasteiger partial charge in [0.1, 0.15) is 5.82 Å². The summed E-state index contributed by atoms with van der Waals surface area (Å²) in [7, 11) is 1.52. The fourth-order valence-electron chi connectivity index (χ4n) is 4.65. The third-order valence-electron chi connectivity index (χ3n) is 6.35. The number of pyridine rings is 2. The first-order valence-electron chi connectivity index (χ1n) is 10.8. The second-order valence-electron chi connectivity index (χ2n) is 8.20. The zero-order chi connectivity index (χ0) is 22.5. The molecule has 2 heterocycles. The summed E-state index contributed by atoms with van der Waals surface area (Å²) in [5.41, 5.74) is 2.36. The molecule has 0 spiro atoms. The maximum atomic E-state index is 13.8. The maximum absolute atomic E-state index is 13.8. The Labute approximate surface area is 186 Å². The van der Waals surface area contributed by atoms with Crippen molar-refractivity contribution in [3.05, 3.63) is 65.7 Å². The van der Waals surface area contributed by atoms with Crippen LogP contribution in [0.15, 0.2) is 48.8 Å². The van der Waals surface area contributed by atoms with Gasteiger partial charge in [0.05, 0.1) is 30.7 Å². The predicted molar refractivity (Wildman–Crippen MR) is 119 cm³/mol. The SMILES string of the molecule is COc1ccc(C(=O)NC(CC#N)C2CCC(c3ccnc4ccc(F)cc34)CC2)cn1. The molecule has 164 valence electrons. The Hall–Kier alpha value is -3.53. The van der Waals surface area contributed by atoms with E-state index in [1.165, 1.54) is 19.4 Å². The average Bonchev–Trinajstić information content (AvgIpc) is 2.83. The van der Waals surface area contributed by atoms with Crippen LogP contribution in [0.5, 0.6) is 5.88 Å². The highest BCUT2D eigenvalue weighted by Gasteiger charge is 2.30. The van der Waals surface area contributed by atoms with Gasteiger partial charge in [0.25, 0.3) is 5.91 Å². The number of hydrogen-bond donors (Lipinski definition) is 1. The lowest BCUT2D eigenvalue weighted by Gasteiger charge is -2.34. The lowest BCUT2D eigenvalue weighted by molar-refractivity contribution is 0.0912. The van der Waals surface area contributed by atoms with E-state index < -0.39 is 0 Å². The van der Waals surface area contributed by atoms with Gasteiger partial charge in [0.2, 0.25) is 5.88 Å². The molecule has 6 nitrogen and oxygen atoms in total. The molecule has 32 heavy (non-hydrogen) atoms. The predicted octanol–water partition coefficient (Wildman–Crippen LogP) is 4.76. The average molecular weight is 432 g/mol. The van der Waals surface area contributed by atoms with E-state index in [1.54, 1.807) is 30.5 Å². The molecule has 1 aromatic carbocycles. The summed E-state index contributed by atoms with van der Waals surface area (Å²) in [6.45, 7) is 0. The Morgan fingerprint density at radius 3 is 2.72 bits per heavy atom. The number of nitrogens with one attached hydrogen (secondary N) is 1. The zero-order valence-corrected chi connectivity index (χ0v) is 17.9. The van der Waals surface area contributed by atoms with Crippen molar-refractivity contribution in [3.8, 4) is 11.9 Å². The minimum Gasteiger partial charge on any atom is -0.481 e. The van der Waals surface area contributed by atoms with Gasteiger partial charge in [-0.05, 0) is 73.4 Å². The van der Waals surface area contributed by atoms with Crippen molar-refractivity contribution in [2.24, 2.45) is 5.92 Å².